The van der Waals surface area contributed by atoms with E-state index in [1.54, 1.807) is 7.05 Å². The molecule has 0 aliphatic carbocycles. The Morgan fingerprint density at radius 3 is 2.89 bits per heavy atom. The van der Waals surface area contributed by atoms with Gasteiger partial charge in [0.05, 0.1) is 7.05 Å². The van der Waals surface area contributed by atoms with E-state index < -0.39 is 0 Å². The van der Waals surface area contributed by atoms with E-state index >= 15 is 0 Å². The first kappa shape index (κ1) is 13.1. The summed E-state index contributed by atoms with van der Waals surface area (Å²) in [5.41, 5.74) is 1.81. The highest BCUT2D eigenvalue weighted by Gasteiger charge is 2.04. The van der Waals surface area contributed by atoms with E-state index in [-0.39, 0.29) is 13.2 Å². The summed E-state index contributed by atoms with van der Waals surface area (Å²) in [4.78, 5) is 1.39. The highest BCUT2D eigenvalue weighted by atomic mass is 16.5. The Kier molecular flexibility index (Phi) is 4.11. The first-order valence-corrected chi connectivity index (χ1v) is 5.75. The van der Waals surface area contributed by atoms with E-state index in [2.05, 4.69) is 27.3 Å². The van der Waals surface area contributed by atoms with Gasteiger partial charge >= 0.3 is 0 Å². The molecule has 0 aliphatic heterocycles. The summed E-state index contributed by atoms with van der Waals surface area (Å²) < 4.78 is 5.62. The summed E-state index contributed by atoms with van der Waals surface area (Å²) >= 11 is 0. The summed E-state index contributed by atoms with van der Waals surface area (Å²) in [6.45, 7) is 2.07. The number of ether oxygens (including phenoxy) is 1. The lowest BCUT2D eigenvalue weighted by Gasteiger charge is -2.07. The number of aliphatic hydroxyl groups excluding tert-OH is 1. The summed E-state index contributed by atoms with van der Waals surface area (Å²) in [7, 11) is 1.70. The van der Waals surface area contributed by atoms with E-state index in [1.807, 2.05) is 25.1 Å². The lowest BCUT2D eigenvalue weighted by atomic mass is 10.1. The maximum Gasteiger partial charge on any atom is 0.212 e. The molecule has 1 heterocycles. The van der Waals surface area contributed by atoms with E-state index in [9.17, 15) is 0 Å². The number of hydrogen-bond acceptors (Lipinski definition) is 5. The quantitative estimate of drug-likeness (QED) is 0.809. The molecule has 0 spiro atoms. The van der Waals surface area contributed by atoms with Gasteiger partial charge in [0.15, 0.2) is 6.61 Å². The average Bonchev–Trinajstić information content (AvgIpc) is 2.81. The van der Waals surface area contributed by atoms with E-state index in [0.29, 0.717) is 5.82 Å². The molecule has 0 radical (unpaired) electrons. The number of aromatic nitrogens is 4. The van der Waals surface area contributed by atoms with Gasteiger partial charge in [-0.05, 0) is 35.9 Å². The molecule has 0 unspecified atom stereocenters. The predicted octanol–water partition coefficient (Wildman–Crippen LogP) is 0.441. The van der Waals surface area contributed by atoms with Crippen LogP contribution < -0.4 is 4.74 Å². The van der Waals surface area contributed by atoms with Gasteiger partial charge in [-0.2, -0.15) is 4.80 Å². The monoisotopic (exact) mass is 258 g/mol. The smallest absolute Gasteiger partial charge is 0.212 e. The van der Waals surface area contributed by atoms with Gasteiger partial charge in [-0.3, -0.25) is 0 Å². The SMILES string of the molecule is Cc1cc(C#CCO)ccc1OCc1nnn(C)n1. The summed E-state index contributed by atoms with van der Waals surface area (Å²) in [5.74, 6) is 6.74. The molecule has 0 aliphatic rings. The van der Waals surface area contributed by atoms with Crippen LogP contribution in [0.5, 0.6) is 5.75 Å². The number of aliphatic hydroxyl groups is 1. The molecule has 0 amide bonds. The second-order valence-electron chi connectivity index (χ2n) is 3.92. The number of aryl methyl sites for hydroxylation is 2. The van der Waals surface area contributed by atoms with Crippen LogP contribution in [0.3, 0.4) is 0 Å². The van der Waals surface area contributed by atoms with Crippen LogP contribution in [0.4, 0.5) is 0 Å². The van der Waals surface area contributed by atoms with E-state index in [4.69, 9.17) is 9.84 Å². The number of rotatable bonds is 3. The summed E-state index contributed by atoms with van der Waals surface area (Å²) in [5, 5.41) is 20.3. The molecule has 0 atom stereocenters. The van der Waals surface area contributed by atoms with E-state index in [0.717, 1.165) is 16.9 Å². The minimum atomic E-state index is -0.143. The third-order valence-corrected chi connectivity index (χ3v) is 2.39. The Labute approximate surface area is 111 Å². The van der Waals surface area contributed by atoms with Crippen LogP contribution >= 0.6 is 0 Å². The second-order valence-corrected chi connectivity index (χ2v) is 3.92. The van der Waals surface area contributed by atoms with E-state index in [1.165, 1.54) is 4.80 Å². The molecule has 1 aromatic carbocycles. The summed E-state index contributed by atoms with van der Waals surface area (Å²) in [6, 6.07) is 5.59. The van der Waals surface area contributed by atoms with Crippen molar-refractivity contribution in [2.24, 2.45) is 7.05 Å². The third-order valence-electron chi connectivity index (χ3n) is 2.39. The van der Waals surface area contributed by atoms with Crippen molar-refractivity contribution in [2.45, 2.75) is 13.5 Å². The van der Waals surface area contributed by atoms with Gasteiger partial charge in [0.1, 0.15) is 12.4 Å². The van der Waals surface area contributed by atoms with Gasteiger partial charge in [0.2, 0.25) is 5.82 Å². The predicted molar refractivity (Wildman–Crippen MR) is 68.3 cm³/mol. The third kappa shape index (κ3) is 3.53. The maximum absolute atomic E-state index is 8.64. The van der Waals surface area contributed by atoms with Gasteiger partial charge in [0.25, 0.3) is 0 Å². The molecule has 2 rings (SSSR count). The first-order chi connectivity index (χ1) is 9.19. The van der Waals surface area contributed by atoms with Crippen molar-refractivity contribution in [3.63, 3.8) is 0 Å². The molecule has 0 bridgehead atoms. The van der Waals surface area contributed by atoms with Crippen molar-refractivity contribution in [2.75, 3.05) is 6.61 Å². The minimum Gasteiger partial charge on any atom is -0.485 e. The fourth-order valence-corrected chi connectivity index (χ4v) is 1.55. The molecule has 0 saturated carbocycles. The Bertz CT molecular complexity index is 625. The lowest BCUT2D eigenvalue weighted by Crippen LogP contribution is -2.00. The van der Waals surface area contributed by atoms with Crippen molar-refractivity contribution in [1.82, 2.24) is 20.2 Å². The average molecular weight is 258 g/mol. The Morgan fingerprint density at radius 2 is 2.26 bits per heavy atom. The topological polar surface area (TPSA) is 73.1 Å². The van der Waals surface area contributed by atoms with Gasteiger partial charge < -0.3 is 9.84 Å². The van der Waals surface area contributed by atoms with Gasteiger partial charge in [-0.25, -0.2) is 0 Å². The number of tetrazole rings is 1. The van der Waals surface area contributed by atoms with Gasteiger partial charge in [-0.1, -0.05) is 11.8 Å². The Balaban J connectivity index is 2.05. The highest BCUT2D eigenvalue weighted by molar-refractivity contribution is 5.43. The van der Waals surface area contributed by atoms with Crippen molar-refractivity contribution >= 4 is 0 Å². The largest absolute Gasteiger partial charge is 0.485 e. The zero-order valence-electron chi connectivity index (χ0n) is 10.8. The Morgan fingerprint density at radius 1 is 1.42 bits per heavy atom. The van der Waals surface area contributed by atoms with Crippen LogP contribution in [-0.4, -0.2) is 31.9 Å². The molecule has 0 saturated heterocycles. The van der Waals surface area contributed by atoms with Crippen LogP contribution in [-0.2, 0) is 13.7 Å². The van der Waals surface area contributed by atoms with Crippen molar-refractivity contribution in [1.29, 1.82) is 0 Å². The molecule has 0 fully saturated rings. The fraction of sp³-hybridized carbons (Fsp3) is 0.308. The fourth-order valence-electron chi connectivity index (χ4n) is 1.55. The molecule has 6 heteroatoms. The van der Waals surface area contributed by atoms with Crippen LogP contribution in [0.1, 0.15) is 17.0 Å². The van der Waals surface area contributed by atoms with Crippen LogP contribution in [0.15, 0.2) is 18.2 Å². The van der Waals surface area contributed by atoms with Gasteiger partial charge in [0, 0.05) is 5.56 Å². The summed E-state index contributed by atoms with van der Waals surface area (Å²) in [6.07, 6.45) is 0. The molecule has 1 aromatic heterocycles. The number of nitrogens with zero attached hydrogens (tertiary/aromatic N) is 4. The second kappa shape index (κ2) is 5.98. The normalized spacial score (nSPS) is 9.84. The zero-order chi connectivity index (χ0) is 13.7. The number of benzene rings is 1. The zero-order valence-corrected chi connectivity index (χ0v) is 10.8. The molecular formula is C13H14N4O2. The molecule has 98 valence electrons. The molecule has 19 heavy (non-hydrogen) atoms. The van der Waals surface area contributed by atoms with Crippen molar-refractivity contribution in [3.05, 3.63) is 35.2 Å². The molecule has 2 aromatic rings. The highest BCUT2D eigenvalue weighted by Crippen LogP contribution is 2.19. The van der Waals surface area contributed by atoms with Crippen LogP contribution in [0.2, 0.25) is 0 Å². The molecule has 1 N–H and O–H groups in total. The van der Waals surface area contributed by atoms with Crippen molar-refractivity contribution < 1.29 is 9.84 Å². The minimum absolute atomic E-state index is 0.143. The lowest BCUT2D eigenvalue weighted by molar-refractivity contribution is 0.293. The molecular weight excluding hydrogens is 244 g/mol. The van der Waals surface area contributed by atoms with Crippen LogP contribution in [0, 0.1) is 18.8 Å². The Hall–Kier alpha value is -2.39. The standard InChI is InChI=1S/C13H14N4O2/c1-10-8-11(4-3-7-18)5-6-12(10)19-9-13-14-16-17(2)15-13/h5-6,8,18H,7,9H2,1-2H3. The molecule has 6 nitrogen and oxygen atoms in total. The number of hydrogen-bond donors (Lipinski definition) is 1. The first-order valence-electron chi connectivity index (χ1n) is 5.75. The van der Waals surface area contributed by atoms with Crippen LogP contribution in [0.25, 0.3) is 0 Å². The van der Waals surface area contributed by atoms with Gasteiger partial charge in [-0.15, -0.1) is 10.2 Å². The van der Waals surface area contributed by atoms with Crippen molar-refractivity contribution in [3.8, 4) is 17.6 Å². The maximum atomic E-state index is 8.64.